The van der Waals surface area contributed by atoms with E-state index in [0.717, 1.165) is 64.2 Å². The smallest absolute Gasteiger partial charge is 0.384 e. The fourth-order valence-corrected chi connectivity index (χ4v) is 13.7. The van der Waals surface area contributed by atoms with Gasteiger partial charge in [-0.25, -0.2) is 9.59 Å². The average molecular weight is 1250 g/mol. The van der Waals surface area contributed by atoms with E-state index in [1.807, 2.05) is 36.5 Å². The summed E-state index contributed by atoms with van der Waals surface area (Å²) in [5.41, 5.74) is 4.96. The summed E-state index contributed by atoms with van der Waals surface area (Å²) in [6.45, 7) is 41.5. The van der Waals surface area contributed by atoms with Gasteiger partial charge in [-0.1, -0.05) is 188 Å². The Balaban J connectivity index is 0.000000321. The molecular weight excluding hydrogens is 1140 g/mol. The minimum Gasteiger partial charge on any atom is -0.449 e. The van der Waals surface area contributed by atoms with Crippen LogP contribution in [-0.4, -0.2) is 129 Å². The molecule has 14 heteroatoms. The van der Waals surface area contributed by atoms with Crippen LogP contribution in [-0.2, 0) is 56.3 Å². The Morgan fingerprint density at radius 2 is 0.943 bits per heavy atom. The second kappa shape index (κ2) is 36.0. The first-order chi connectivity index (χ1) is 41.5. The van der Waals surface area contributed by atoms with E-state index >= 15 is 0 Å². The van der Waals surface area contributed by atoms with Crippen LogP contribution in [0.1, 0.15) is 159 Å². The fourth-order valence-electron chi connectivity index (χ4n) is 11.2. The molecule has 0 fully saturated rings. The van der Waals surface area contributed by atoms with Gasteiger partial charge in [0.05, 0.1) is 62.0 Å². The van der Waals surface area contributed by atoms with Crippen LogP contribution >= 0.6 is 0 Å². The summed E-state index contributed by atoms with van der Waals surface area (Å²) in [5.74, 6) is 11.1. The van der Waals surface area contributed by atoms with E-state index in [1.54, 1.807) is 14.2 Å². The van der Waals surface area contributed by atoms with Gasteiger partial charge in [0, 0.05) is 51.7 Å². The number of rotatable bonds is 12. The lowest BCUT2D eigenvalue weighted by atomic mass is 9.91. The van der Waals surface area contributed by atoms with Crippen LogP contribution in [0.25, 0.3) is 0 Å². The van der Waals surface area contributed by atoms with Crippen molar-refractivity contribution in [2.75, 3.05) is 27.4 Å². The monoisotopic (exact) mass is 1250 g/mol. The Bertz CT molecular complexity index is 2470. The van der Waals surface area contributed by atoms with Crippen molar-refractivity contribution >= 4 is 28.6 Å². The van der Waals surface area contributed by atoms with Gasteiger partial charge in [-0.05, 0) is 126 Å². The third-order valence-electron chi connectivity index (χ3n) is 18.1. The zero-order valence-corrected chi connectivity index (χ0v) is 58.8. The van der Waals surface area contributed by atoms with Crippen molar-refractivity contribution in [3.8, 4) is 23.7 Å². The molecule has 0 radical (unpaired) electrons. The van der Waals surface area contributed by atoms with Gasteiger partial charge >= 0.3 is 11.9 Å². The number of esters is 2. The average Bonchev–Trinajstić information content (AvgIpc) is 3.63. The van der Waals surface area contributed by atoms with Crippen LogP contribution in [0.3, 0.4) is 0 Å². The van der Waals surface area contributed by atoms with Crippen molar-refractivity contribution in [1.29, 1.82) is 0 Å². The van der Waals surface area contributed by atoms with E-state index < -0.39 is 53.0 Å². The number of ether oxygens (including phenoxy) is 8. The Labute approximate surface area is 534 Å². The topological polar surface area (TPSA) is 126 Å². The molecule has 0 aliphatic carbocycles. The molecule has 0 aromatic heterocycles. The van der Waals surface area contributed by atoms with Crippen LogP contribution in [0.5, 0.6) is 0 Å². The molecule has 88 heavy (non-hydrogen) atoms. The summed E-state index contributed by atoms with van der Waals surface area (Å²) in [4.78, 5) is 25.9. The van der Waals surface area contributed by atoms with Gasteiger partial charge in [0.1, 0.15) is 24.4 Å². The van der Waals surface area contributed by atoms with Gasteiger partial charge in [-0.15, -0.1) is 0 Å². The molecule has 0 aromatic rings. The Hall–Kier alpha value is -4.43. The van der Waals surface area contributed by atoms with Crippen LogP contribution in [0, 0.1) is 35.5 Å². The first-order valence-electron chi connectivity index (χ1n) is 32.5. The number of carbonyl (C=O) groups is 2. The van der Waals surface area contributed by atoms with Crippen LogP contribution in [0.15, 0.2) is 121 Å². The summed E-state index contributed by atoms with van der Waals surface area (Å²) in [6.07, 6.45) is 37.0. The standard InChI is InChI=1S/2C37H56O6Si/c2*1-27-21-22-40-31(24-27)19-20-34(39-7)35-17-11-16-33(43-44(8,9)37(4,5)6)26-29(3)23-28(2)25-32-15-10-13-30(41-32)14-12-18-36(38)42-35/h2*10-11,13,16,19-21,28,30-35H,3,14-15,17,22-26H2,1-2,4-9H3/b2*16-11+,20-19+/t2*28-,30-,31+,32-,33?,34-,35-/m00/s1. The largest absolute Gasteiger partial charge is 0.449 e. The molecule has 0 aromatic carbocycles. The number of fused-ring (bicyclic) bond motifs is 4. The molecule has 0 N–H and O–H groups in total. The summed E-state index contributed by atoms with van der Waals surface area (Å²) in [5, 5.41) is 0.141. The summed E-state index contributed by atoms with van der Waals surface area (Å²) < 4.78 is 61.7. The summed E-state index contributed by atoms with van der Waals surface area (Å²) in [7, 11) is -0.860. The second-order valence-electron chi connectivity index (χ2n) is 28.4. The Morgan fingerprint density at radius 3 is 1.30 bits per heavy atom. The molecule has 2 unspecified atom stereocenters. The highest BCUT2D eigenvalue weighted by atomic mass is 28.4. The van der Waals surface area contributed by atoms with Crippen molar-refractivity contribution in [2.24, 2.45) is 11.8 Å². The van der Waals surface area contributed by atoms with Crippen molar-refractivity contribution in [2.45, 2.75) is 269 Å². The SMILES string of the molecule is C=C1CC(O[Si](C)(C)C(C)(C)C)/C=C/C[C@@H]([C@H](/C=C/[C@@H]2CC(C)=CCO2)OC)OC(=O)C#CC[C@@H]2C=CC[C@@H](C[C@@H](C)C1)O2.C=C1CC(O[Si](C)(C)C(C)(C)C)/C=C/C[C@@H]([C@H](/C=C/[C@@H]2CC(C)=CCO2)OC)OC(=O)C#CC[C@@H]2C=CC[C@@H](C[C@@H](C)C1)O2. The highest BCUT2D eigenvalue weighted by molar-refractivity contribution is 6.74. The molecule has 14 atom stereocenters. The van der Waals surface area contributed by atoms with E-state index in [-0.39, 0.29) is 58.9 Å². The van der Waals surface area contributed by atoms with Gasteiger partial charge in [-0.3, -0.25) is 0 Å². The normalized spacial score (nSPS) is 31.2. The van der Waals surface area contributed by atoms with E-state index in [0.29, 0.717) is 50.7 Å². The van der Waals surface area contributed by atoms with Gasteiger partial charge in [-0.2, -0.15) is 0 Å². The van der Waals surface area contributed by atoms with Crippen molar-refractivity contribution in [3.63, 3.8) is 0 Å². The lowest BCUT2D eigenvalue weighted by Crippen LogP contribution is -2.43. The zero-order valence-electron chi connectivity index (χ0n) is 56.8. The fraction of sp³-hybridized carbons (Fsp3) is 0.649. The molecule has 4 bridgehead atoms. The van der Waals surface area contributed by atoms with Gasteiger partial charge in [0.25, 0.3) is 0 Å². The number of cyclic esters (lactones) is 2. The van der Waals surface area contributed by atoms with Crippen molar-refractivity contribution in [1.82, 2.24) is 0 Å². The molecule has 12 nitrogen and oxygen atoms in total. The zero-order chi connectivity index (χ0) is 64.7. The third-order valence-corrected chi connectivity index (χ3v) is 27.1. The number of hydrogen-bond acceptors (Lipinski definition) is 12. The number of carbonyl (C=O) groups excluding carboxylic acids is 2. The summed E-state index contributed by atoms with van der Waals surface area (Å²) >= 11 is 0. The van der Waals surface area contributed by atoms with Crippen molar-refractivity contribution < 1.29 is 56.3 Å². The van der Waals surface area contributed by atoms with Gasteiger partial charge in [0.2, 0.25) is 0 Å². The van der Waals surface area contributed by atoms with Crippen LogP contribution in [0.4, 0.5) is 0 Å². The van der Waals surface area contributed by atoms with Crippen LogP contribution in [0.2, 0.25) is 36.3 Å². The third kappa shape index (κ3) is 26.4. The Morgan fingerprint density at radius 1 is 0.568 bits per heavy atom. The highest BCUT2D eigenvalue weighted by Gasteiger charge is 2.40. The highest BCUT2D eigenvalue weighted by Crippen LogP contribution is 2.40. The second-order valence-corrected chi connectivity index (χ2v) is 37.9. The van der Waals surface area contributed by atoms with E-state index in [2.05, 4.69) is 181 Å². The molecule has 6 heterocycles. The minimum atomic E-state index is -2.06. The first kappa shape index (κ1) is 74.3. The van der Waals surface area contributed by atoms with Gasteiger partial charge in [0.15, 0.2) is 16.6 Å². The molecule has 0 saturated heterocycles. The molecule has 488 valence electrons. The molecular formula is C74H112O12Si2. The van der Waals surface area contributed by atoms with Gasteiger partial charge < -0.3 is 46.7 Å². The molecule has 0 saturated carbocycles. The number of hydrogen-bond donors (Lipinski definition) is 0. The lowest BCUT2D eigenvalue weighted by molar-refractivity contribution is -0.147. The number of methoxy groups -OCH3 is 2. The Kier molecular flexibility index (Phi) is 30.4. The minimum absolute atomic E-state index is 0.0361. The molecule has 6 rings (SSSR count). The maximum Gasteiger partial charge on any atom is 0.384 e. The quantitative estimate of drug-likeness (QED) is 0.0607. The summed E-state index contributed by atoms with van der Waals surface area (Å²) in [6, 6.07) is 0. The molecule has 0 amide bonds. The molecule has 6 aliphatic rings. The van der Waals surface area contributed by atoms with E-state index in [1.165, 1.54) is 22.3 Å². The van der Waals surface area contributed by atoms with Crippen molar-refractivity contribution in [3.05, 3.63) is 121 Å². The predicted octanol–water partition coefficient (Wildman–Crippen LogP) is 16.0. The first-order valence-corrected chi connectivity index (χ1v) is 38.3. The maximum absolute atomic E-state index is 13.0. The van der Waals surface area contributed by atoms with E-state index in [9.17, 15) is 9.59 Å². The van der Waals surface area contributed by atoms with E-state index in [4.69, 9.17) is 46.7 Å². The molecule has 0 spiro atoms. The lowest BCUT2D eigenvalue weighted by Gasteiger charge is -2.39. The molecule has 6 aliphatic heterocycles. The maximum atomic E-state index is 13.0. The predicted molar refractivity (Wildman–Crippen MR) is 361 cm³/mol. The van der Waals surface area contributed by atoms with Crippen LogP contribution < -0.4 is 0 Å².